The van der Waals surface area contributed by atoms with Crippen molar-refractivity contribution in [1.29, 1.82) is 0 Å². The Balaban J connectivity index is 2.88. The quantitative estimate of drug-likeness (QED) is 0.705. The fraction of sp³-hybridized carbons (Fsp3) is 0.111. The zero-order valence-corrected chi connectivity index (χ0v) is 8.28. The molecule has 14 heavy (non-hydrogen) atoms. The van der Waals surface area contributed by atoms with E-state index in [0.717, 1.165) is 5.39 Å². The van der Waals surface area contributed by atoms with Gasteiger partial charge in [-0.3, -0.25) is 4.79 Å². The molecule has 0 aliphatic carbocycles. The van der Waals surface area contributed by atoms with Gasteiger partial charge in [0.15, 0.2) is 0 Å². The molecule has 0 unspecified atom stereocenters. The van der Waals surface area contributed by atoms with E-state index in [1.54, 1.807) is 31.4 Å². The Morgan fingerprint density at radius 2 is 2.29 bits per heavy atom. The van der Waals surface area contributed by atoms with Crippen molar-refractivity contribution in [3.63, 3.8) is 0 Å². The lowest BCUT2D eigenvalue weighted by molar-refractivity contribution is 0.718. The lowest BCUT2D eigenvalue weighted by Gasteiger charge is -1.99. The van der Waals surface area contributed by atoms with Gasteiger partial charge in [-0.25, -0.2) is 4.68 Å². The van der Waals surface area contributed by atoms with E-state index in [4.69, 9.17) is 0 Å². The molecule has 0 atom stereocenters. The van der Waals surface area contributed by atoms with Crippen molar-refractivity contribution in [2.45, 2.75) is 0 Å². The van der Waals surface area contributed by atoms with Gasteiger partial charge in [0, 0.05) is 24.9 Å². The molecule has 0 aliphatic heterocycles. The largest absolute Gasteiger partial charge is 0.274 e. The van der Waals surface area contributed by atoms with Gasteiger partial charge in [-0.05, 0) is 18.2 Å². The smallest absolute Gasteiger partial charge is 0.267 e. The maximum absolute atomic E-state index is 11.6. The molecule has 2 rings (SSSR count). The summed E-state index contributed by atoms with van der Waals surface area (Å²) in [7, 11) is 1.62. The number of benzene rings is 1. The molecule has 0 fully saturated rings. The zero-order valence-electron chi connectivity index (χ0n) is 7.47. The van der Waals surface area contributed by atoms with Crippen LogP contribution in [0.4, 0.5) is 5.69 Å². The molecular formula is C9H7N3OS. The number of hydrogen-bond donors (Lipinski definition) is 0. The zero-order chi connectivity index (χ0) is 10.1. The Morgan fingerprint density at radius 1 is 1.50 bits per heavy atom. The van der Waals surface area contributed by atoms with Crippen molar-refractivity contribution in [1.82, 2.24) is 9.78 Å². The van der Waals surface area contributed by atoms with Gasteiger partial charge in [0.1, 0.15) is 0 Å². The molecular weight excluding hydrogens is 198 g/mol. The van der Waals surface area contributed by atoms with Gasteiger partial charge in [-0.15, -0.1) is 0 Å². The second kappa shape index (κ2) is 3.26. The van der Waals surface area contributed by atoms with Gasteiger partial charge >= 0.3 is 0 Å². The van der Waals surface area contributed by atoms with Crippen LogP contribution in [0.2, 0.25) is 0 Å². The van der Waals surface area contributed by atoms with Crippen LogP contribution in [0.5, 0.6) is 0 Å². The maximum atomic E-state index is 11.6. The lowest BCUT2D eigenvalue weighted by atomic mass is 10.2. The first-order valence-corrected chi connectivity index (χ1v) is 4.38. The summed E-state index contributed by atoms with van der Waals surface area (Å²) in [6, 6.07) is 5.18. The molecule has 2 aromatic rings. The molecule has 0 radical (unpaired) electrons. The van der Waals surface area contributed by atoms with E-state index in [9.17, 15) is 4.79 Å². The summed E-state index contributed by atoms with van der Waals surface area (Å²) in [6.07, 6.45) is 1.63. The van der Waals surface area contributed by atoms with Crippen LogP contribution in [0.15, 0.2) is 33.6 Å². The first-order valence-electron chi connectivity index (χ1n) is 4.02. The molecule has 1 aromatic carbocycles. The predicted molar refractivity (Wildman–Crippen MR) is 56.4 cm³/mol. The third kappa shape index (κ3) is 1.31. The number of rotatable bonds is 1. The van der Waals surface area contributed by atoms with Crippen LogP contribution in [0.25, 0.3) is 10.8 Å². The Morgan fingerprint density at radius 3 is 3.00 bits per heavy atom. The minimum absolute atomic E-state index is 0.113. The molecule has 1 heterocycles. The summed E-state index contributed by atoms with van der Waals surface area (Å²) in [6.45, 7) is 0. The second-order valence-corrected chi connectivity index (χ2v) is 3.12. The highest BCUT2D eigenvalue weighted by atomic mass is 32.1. The molecule has 5 heteroatoms. The minimum Gasteiger partial charge on any atom is -0.267 e. The monoisotopic (exact) mass is 205 g/mol. The lowest BCUT2D eigenvalue weighted by Crippen LogP contribution is -2.18. The van der Waals surface area contributed by atoms with Crippen molar-refractivity contribution < 1.29 is 0 Å². The van der Waals surface area contributed by atoms with Crippen molar-refractivity contribution in [2.24, 2.45) is 11.4 Å². The van der Waals surface area contributed by atoms with E-state index < -0.39 is 0 Å². The maximum Gasteiger partial charge on any atom is 0.274 e. The van der Waals surface area contributed by atoms with Crippen LogP contribution < -0.4 is 5.56 Å². The molecule has 0 bridgehead atoms. The fourth-order valence-electron chi connectivity index (χ4n) is 1.28. The summed E-state index contributed by atoms with van der Waals surface area (Å²) >= 11 is 4.56. The van der Waals surface area contributed by atoms with E-state index in [2.05, 4.69) is 21.9 Å². The van der Waals surface area contributed by atoms with E-state index in [0.29, 0.717) is 11.1 Å². The molecule has 0 aliphatic rings. The van der Waals surface area contributed by atoms with Crippen molar-refractivity contribution in [3.05, 3.63) is 34.7 Å². The number of hydrogen-bond acceptors (Lipinski definition) is 4. The van der Waals surface area contributed by atoms with Crippen LogP contribution >= 0.6 is 0 Å². The summed E-state index contributed by atoms with van der Waals surface area (Å²) < 4.78 is 4.92. The molecule has 0 saturated carbocycles. The molecule has 1 aromatic heterocycles. The van der Waals surface area contributed by atoms with Gasteiger partial charge in [0.25, 0.3) is 5.56 Å². The molecule has 0 N–H and O–H groups in total. The third-order valence-electron chi connectivity index (χ3n) is 2.03. The van der Waals surface area contributed by atoms with Crippen LogP contribution in [-0.2, 0) is 19.5 Å². The minimum atomic E-state index is -0.113. The summed E-state index contributed by atoms with van der Waals surface area (Å²) in [5.41, 5.74) is 0.556. The summed E-state index contributed by atoms with van der Waals surface area (Å²) in [5.74, 6) is 0. The van der Waals surface area contributed by atoms with Gasteiger partial charge in [0.2, 0.25) is 0 Å². The fourth-order valence-corrected chi connectivity index (χ4v) is 1.40. The third-order valence-corrected chi connectivity index (χ3v) is 2.25. The number of fused-ring (bicyclic) bond motifs is 1. The summed E-state index contributed by atoms with van der Waals surface area (Å²) in [5, 5.41) is 5.30. The number of aryl methyl sites for hydroxylation is 1. The SMILES string of the molecule is Cn1ncc2cc(N=S)ccc2c1=O. The predicted octanol–water partition coefficient (Wildman–Crippen LogP) is 1.30. The standard InChI is InChI=1S/C9H7N3OS/c1-12-9(13)8-3-2-7(11-14)4-6(8)5-10-12/h2-5H,1H3. The van der Waals surface area contributed by atoms with Crippen LogP contribution in [-0.4, -0.2) is 9.78 Å². The second-order valence-electron chi connectivity index (χ2n) is 2.94. The van der Waals surface area contributed by atoms with Gasteiger partial charge in [-0.2, -0.15) is 9.46 Å². The topological polar surface area (TPSA) is 47.2 Å². The molecule has 0 amide bonds. The average Bonchev–Trinajstić information content (AvgIpc) is 2.23. The normalized spacial score (nSPS) is 10.4. The average molecular weight is 205 g/mol. The Hall–Kier alpha value is -1.62. The first-order chi connectivity index (χ1) is 6.72. The van der Waals surface area contributed by atoms with Crippen LogP contribution in [0.3, 0.4) is 0 Å². The molecule has 4 nitrogen and oxygen atoms in total. The van der Waals surface area contributed by atoms with Gasteiger partial charge < -0.3 is 0 Å². The first kappa shape index (κ1) is 8.96. The van der Waals surface area contributed by atoms with E-state index in [1.165, 1.54) is 4.68 Å². The number of nitrogens with zero attached hydrogens (tertiary/aromatic N) is 3. The van der Waals surface area contributed by atoms with Crippen molar-refractivity contribution in [2.75, 3.05) is 0 Å². The van der Waals surface area contributed by atoms with Crippen molar-refractivity contribution in [3.8, 4) is 0 Å². The van der Waals surface area contributed by atoms with E-state index in [1.807, 2.05) is 0 Å². The van der Waals surface area contributed by atoms with Crippen LogP contribution in [0, 0.1) is 0 Å². The summed E-state index contributed by atoms with van der Waals surface area (Å²) in [4.78, 5) is 11.6. The molecule has 0 spiro atoms. The number of aromatic nitrogens is 2. The Kier molecular flexibility index (Phi) is 2.09. The molecule has 70 valence electrons. The highest BCUT2D eigenvalue weighted by Crippen LogP contribution is 2.17. The van der Waals surface area contributed by atoms with Crippen LogP contribution in [0.1, 0.15) is 0 Å². The highest BCUT2D eigenvalue weighted by molar-refractivity contribution is 7.47. The Bertz CT molecular complexity index is 561. The molecule has 0 saturated heterocycles. The van der Waals surface area contributed by atoms with Gasteiger partial charge in [0.05, 0.1) is 17.3 Å². The van der Waals surface area contributed by atoms with Gasteiger partial charge in [-0.1, -0.05) is 0 Å². The van der Waals surface area contributed by atoms with E-state index in [-0.39, 0.29) is 5.56 Å². The van der Waals surface area contributed by atoms with E-state index >= 15 is 0 Å². The Labute approximate surface area is 85.3 Å². The van der Waals surface area contributed by atoms with Crippen molar-refractivity contribution >= 4 is 28.9 Å². The highest BCUT2D eigenvalue weighted by Gasteiger charge is 2.01.